The van der Waals surface area contributed by atoms with Crippen molar-refractivity contribution in [2.45, 2.75) is 26.5 Å². The van der Waals surface area contributed by atoms with Gasteiger partial charge in [0.05, 0.1) is 13.2 Å². The van der Waals surface area contributed by atoms with Gasteiger partial charge in [0.1, 0.15) is 17.2 Å². The van der Waals surface area contributed by atoms with Crippen LogP contribution in [0.3, 0.4) is 0 Å². The second-order valence-electron chi connectivity index (χ2n) is 5.04. The number of ether oxygens (including phenoxy) is 2. The highest BCUT2D eigenvalue weighted by molar-refractivity contribution is 5.48. The molecule has 0 bridgehead atoms. The number of aromatic hydroxyl groups is 1. The maximum atomic E-state index is 9.90. The van der Waals surface area contributed by atoms with Crippen LogP contribution >= 0.6 is 0 Å². The minimum Gasteiger partial charge on any atom is -0.507 e. The number of hydrogen-bond donors (Lipinski definition) is 2. The number of phenols is 1. The first-order chi connectivity index (χ1) is 10.1. The van der Waals surface area contributed by atoms with Crippen molar-refractivity contribution in [3.63, 3.8) is 0 Å². The number of hydrogen-bond acceptors (Lipinski definition) is 4. The standard InChI is InChI=1S/C17H21NO3/c1-12(2)21-15-8-5-14(6-9-15)18-11-13-4-7-16(20-3)10-17(13)19/h4-10,12,18-19H,11H2,1-3H3. The van der Waals surface area contributed by atoms with Crippen molar-refractivity contribution in [3.05, 3.63) is 48.0 Å². The van der Waals surface area contributed by atoms with Crippen LogP contribution in [0.25, 0.3) is 0 Å². The van der Waals surface area contributed by atoms with Gasteiger partial charge in [-0.25, -0.2) is 0 Å². The van der Waals surface area contributed by atoms with Crippen LogP contribution in [-0.4, -0.2) is 18.3 Å². The van der Waals surface area contributed by atoms with Crippen LogP contribution in [0, 0.1) is 0 Å². The molecular formula is C17H21NO3. The van der Waals surface area contributed by atoms with Crippen molar-refractivity contribution in [2.75, 3.05) is 12.4 Å². The molecule has 4 heteroatoms. The molecule has 0 atom stereocenters. The van der Waals surface area contributed by atoms with E-state index >= 15 is 0 Å². The monoisotopic (exact) mass is 287 g/mol. The number of methoxy groups -OCH3 is 1. The molecule has 0 aliphatic heterocycles. The molecule has 0 fully saturated rings. The smallest absolute Gasteiger partial charge is 0.124 e. The van der Waals surface area contributed by atoms with Gasteiger partial charge in [-0.15, -0.1) is 0 Å². The number of anilines is 1. The molecule has 0 heterocycles. The van der Waals surface area contributed by atoms with Gasteiger partial charge in [0.25, 0.3) is 0 Å². The van der Waals surface area contributed by atoms with E-state index in [1.807, 2.05) is 50.2 Å². The molecule has 4 nitrogen and oxygen atoms in total. The van der Waals surface area contributed by atoms with Gasteiger partial charge < -0.3 is 19.9 Å². The fraction of sp³-hybridized carbons (Fsp3) is 0.294. The summed E-state index contributed by atoms with van der Waals surface area (Å²) in [6.07, 6.45) is 0.167. The van der Waals surface area contributed by atoms with Crippen molar-refractivity contribution in [1.82, 2.24) is 0 Å². The van der Waals surface area contributed by atoms with Crippen LogP contribution in [0.2, 0.25) is 0 Å². The Morgan fingerprint density at radius 2 is 1.71 bits per heavy atom. The fourth-order valence-corrected chi connectivity index (χ4v) is 1.94. The average molecular weight is 287 g/mol. The van der Waals surface area contributed by atoms with Gasteiger partial charge in [-0.2, -0.15) is 0 Å². The summed E-state index contributed by atoms with van der Waals surface area (Å²) in [5, 5.41) is 13.2. The Balaban J connectivity index is 1.96. The molecule has 2 aromatic carbocycles. The van der Waals surface area contributed by atoms with E-state index in [2.05, 4.69) is 5.32 Å². The number of rotatable bonds is 6. The first-order valence-corrected chi connectivity index (χ1v) is 6.95. The molecule has 0 aromatic heterocycles. The summed E-state index contributed by atoms with van der Waals surface area (Å²) in [7, 11) is 1.58. The Morgan fingerprint density at radius 1 is 1.05 bits per heavy atom. The third kappa shape index (κ3) is 4.31. The average Bonchev–Trinajstić information content (AvgIpc) is 2.47. The molecule has 0 radical (unpaired) electrons. The molecular weight excluding hydrogens is 266 g/mol. The van der Waals surface area contributed by atoms with Gasteiger partial charge in [0, 0.05) is 23.9 Å². The zero-order chi connectivity index (χ0) is 15.2. The lowest BCUT2D eigenvalue weighted by molar-refractivity contribution is 0.242. The predicted molar refractivity (Wildman–Crippen MR) is 84.2 cm³/mol. The number of nitrogens with one attached hydrogen (secondary N) is 1. The maximum Gasteiger partial charge on any atom is 0.124 e. The lowest BCUT2D eigenvalue weighted by Crippen LogP contribution is -2.05. The SMILES string of the molecule is COc1ccc(CNc2ccc(OC(C)C)cc2)c(O)c1. The summed E-state index contributed by atoms with van der Waals surface area (Å²) >= 11 is 0. The highest BCUT2D eigenvalue weighted by Gasteiger charge is 2.03. The molecule has 0 aliphatic carbocycles. The Morgan fingerprint density at radius 3 is 2.29 bits per heavy atom. The molecule has 0 saturated heterocycles. The van der Waals surface area contributed by atoms with Crippen molar-refractivity contribution in [3.8, 4) is 17.2 Å². The highest BCUT2D eigenvalue weighted by Crippen LogP contribution is 2.24. The normalized spacial score (nSPS) is 10.5. The lowest BCUT2D eigenvalue weighted by atomic mass is 10.2. The largest absolute Gasteiger partial charge is 0.507 e. The van der Waals surface area contributed by atoms with E-state index in [0.717, 1.165) is 17.0 Å². The zero-order valence-electron chi connectivity index (χ0n) is 12.6. The predicted octanol–water partition coefficient (Wildman–Crippen LogP) is 3.80. The molecule has 2 N–H and O–H groups in total. The zero-order valence-corrected chi connectivity index (χ0v) is 12.6. The summed E-state index contributed by atoms with van der Waals surface area (Å²) in [5.74, 6) is 1.72. The number of benzene rings is 2. The van der Waals surface area contributed by atoms with Gasteiger partial charge in [-0.1, -0.05) is 0 Å². The Kier molecular flexibility index (Phi) is 4.93. The van der Waals surface area contributed by atoms with Gasteiger partial charge in [-0.3, -0.25) is 0 Å². The van der Waals surface area contributed by atoms with Gasteiger partial charge in [0.2, 0.25) is 0 Å². The second kappa shape index (κ2) is 6.88. The summed E-state index contributed by atoms with van der Waals surface area (Å²) in [6, 6.07) is 13.0. The van der Waals surface area contributed by atoms with Crippen molar-refractivity contribution < 1.29 is 14.6 Å². The molecule has 21 heavy (non-hydrogen) atoms. The molecule has 2 rings (SSSR count). The minimum absolute atomic E-state index is 0.167. The molecule has 0 aliphatic rings. The van der Waals surface area contributed by atoms with E-state index in [9.17, 15) is 5.11 Å². The molecule has 2 aromatic rings. The van der Waals surface area contributed by atoms with Crippen molar-refractivity contribution in [2.24, 2.45) is 0 Å². The quantitative estimate of drug-likeness (QED) is 0.848. The summed E-state index contributed by atoms with van der Waals surface area (Å²) in [5.41, 5.74) is 1.79. The van der Waals surface area contributed by atoms with Crippen molar-refractivity contribution in [1.29, 1.82) is 0 Å². The first-order valence-electron chi connectivity index (χ1n) is 6.95. The highest BCUT2D eigenvalue weighted by atomic mass is 16.5. The second-order valence-corrected chi connectivity index (χ2v) is 5.04. The topological polar surface area (TPSA) is 50.7 Å². The molecule has 0 amide bonds. The Hall–Kier alpha value is -2.36. The lowest BCUT2D eigenvalue weighted by Gasteiger charge is -2.12. The van der Waals surface area contributed by atoms with E-state index in [-0.39, 0.29) is 11.9 Å². The summed E-state index contributed by atoms with van der Waals surface area (Å²) < 4.78 is 10.7. The van der Waals surface area contributed by atoms with E-state index in [1.54, 1.807) is 13.2 Å². The minimum atomic E-state index is 0.167. The van der Waals surface area contributed by atoms with Gasteiger partial charge in [-0.05, 0) is 50.2 Å². The van der Waals surface area contributed by atoms with Crippen LogP contribution in [0.5, 0.6) is 17.2 Å². The van der Waals surface area contributed by atoms with Gasteiger partial charge >= 0.3 is 0 Å². The third-order valence-electron chi connectivity index (χ3n) is 3.00. The molecule has 0 spiro atoms. The van der Waals surface area contributed by atoms with Crippen LogP contribution in [-0.2, 0) is 6.54 Å². The van der Waals surface area contributed by atoms with Gasteiger partial charge in [0.15, 0.2) is 0 Å². The van der Waals surface area contributed by atoms with Crippen LogP contribution in [0.1, 0.15) is 19.4 Å². The molecule has 0 saturated carbocycles. The third-order valence-corrected chi connectivity index (χ3v) is 3.00. The van der Waals surface area contributed by atoms with Crippen LogP contribution < -0.4 is 14.8 Å². The fourth-order valence-electron chi connectivity index (χ4n) is 1.94. The maximum absolute atomic E-state index is 9.90. The number of phenolic OH excluding ortho intramolecular Hbond substituents is 1. The summed E-state index contributed by atoms with van der Waals surface area (Å²) in [6.45, 7) is 4.54. The van der Waals surface area contributed by atoms with Crippen LogP contribution in [0.15, 0.2) is 42.5 Å². The molecule has 0 unspecified atom stereocenters. The van der Waals surface area contributed by atoms with E-state index < -0.39 is 0 Å². The Bertz CT molecular complexity index is 579. The molecule has 112 valence electrons. The Labute approximate surface area is 125 Å². The van der Waals surface area contributed by atoms with E-state index in [0.29, 0.717) is 12.3 Å². The van der Waals surface area contributed by atoms with E-state index in [1.165, 1.54) is 0 Å². The first kappa shape index (κ1) is 15.0. The van der Waals surface area contributed by atoms with Crippen LogP contribution in [0.4, 0.5) is 5.69 Å². The van der Waals surface area contributed by atoms with Crippen molar-refractivity contribution >= 4 is 5.69 Å². The van der Waals surface area contributed by atoms with E-state index in [4.69, 9.17) is 9.47 Å². The summed E-state index contributed by atoms with van der Waals surface area (Å²) in [4.78, 5) is 0.